The van der Waals surface area contributed by atoms with Crippen LogP contribution in [0, 0.1) is 0 Å². The van der Waals surface area contributed by atoms with Gasteiger partial charge in [-0.2, -0.15) is 0 Å². The second kappa shape index (κ2) is 7.79. The second-order valence-corrected chi connectivity index (χ2v) is 5.86. The van der Waals surface area contributed by atoms with Crippen molar-refractivity contribution in [3.63, 3.8) is 0 Å². The summed E-state index contributed by atoms with van der Waals surface area (Å²) in [6.07, 6.45) is 0.707. The molecule has 2 amide bonds. The average Bonchev–Trinajstić information content (AvgIpc) is 2.66. The van der Waals surface area contributed by atoms with Crippen molar-refractivity contribution >= 4 is 6.03 Å². The summed E-state index contributed by atoms with van der Waals surface area (Å²) < 4.78 is 16.1. The van der Waals surface area contributed by atoms with E-state index in [9.17, 15) is 4.79 Å². The van der Waals surface area contributed by atoms with Crippen LogP contribution in [0.1, 0.15) is 11.1 Å². The number of amides is 2. The van der Waals surface area contributed by atoms with E-state index in [0.717, 1.165) is 28.4 Å². The number of carbonyl (C=O) groups is 1. The average molecular weight is 342 g/mol. The SMILES string of the molecule is COc1cccc(CNC(=O)N[C@H]2COc3ccc(OC)cc3C2)c1. The molecule has 2 N–H and O–H groups in total. The van der Waals surface area contributed by atoms with Crippen LogP contribution in [-0.2, 0) is 13.0 Å². The molecular weight excluding hydrogens is 320 g/mol. The molecule has 1 aliphatic heterocycles. The van der Waals surface area contributed by atoms with Crippen molar-refractivity contribution in [2.75, 3.05) is 20.8 Å². The quantitative estimate of drug-likeness (QED) is 0.876. The molecule has 1 atom stereocenters. The van der Waals surface area contributed by atoms with Gasteiger partial charge in [0.25, 0.3) is 0 Å². The molecule has 1 heterocycles. The summed E-state index contributed by atoms with van der Waals surface area (Å²) >= 11 is 0. The van der Waals surface area contributed by atoms with Crippen molar-refractivity contribution in [2.24, 2.45) is 0 Å². The van der Waals surface area contributed by atoms with Crippen molar-refractivity contribution in [2.45, 2.75) is 19.0 Å². The minimum Gasteiger partial charge on any atom is -0.497 e. The number of methoxy groups -OCH3 is 2. The van der Waals surface area contributed by atoms with Gasteiger partial charge in [-0.25, -0.2) is 4.79 Å². The Hall–Kier alpha value is -2.89. The molecule has 0 bridgehead atoms. The molecule has 0 unspecified atom stereocenters. The zero-order valence-electron chi connectivity index (χ0n) is 14.4. The molecule has 6 heteroatoms. The molecule has 0 aromatic heterocycles. The number of benzene rings is 2. The van der Waals surface area contributed by atoms with Gasteiger partial charge in [-0.3, -0.25) is 0 Å². The molecule has 1 aliphatic rings. The van der Waals surface area contributed by atoms with E-state index in [1.54, 1.807) is 14.2 Å². The summed E-state index contributed by atoms with van der Waals surface area (Å²) in [7, 11) is 3.25. The fraction of sp³-hybridized carbons (Fsp3) is 0.316. The largest absolute Gasteiger partial charge is 0.497 e. The molecule has 0 spiro atoms. The van der Waals surface area contributed by atoms with E-state index in [0.29, 0.717) is 19.6 Å². The van der Waals surface area contributed by atoms with Crippen molar-refractivity contribution < 1.29 is 19.0 Å². The molecule has 0 saturated carbocycles. The molecule has 25 heavy (non-hydrogen) atoms. The molecule has 6 nitrogen and oxygen atoms in total. The van der Waals surface area contributed by atoms with E-state index < -0.39 is 0 Å². The van der Waals surface area contributed by atoms with Gasteiger partial charge in [-0.1, -0.05) is 12.1 Å². The summed E-state index contributed by atoms with van der Waals surface area (Å²) in [5, 5.41) is 5.81. The number of urea groups is 1. The lowest BCUT2D eigenvalue weighted by molar-refractivity contribution is 0.214. The van der Waals surface area contributed by atoms with Crippen LogP contribution in [0.3, 0.4) is 0 Å². The first-order chi connectivity index (χ1) is 12.2. The van der Waals surface area contributed by atoms with E-state index in [1.807, 2.05) is 42.5 Å². The lowest BCUT2D eigenvalue weighted by atomic mass is 10.0. The number of ether oxygens (including phenoxy) is 3. The maximum Gasteiger partial charge on any atom is 0.315 e. The Bertz CT molecular complexity index is 748. The van der Waals surface area contributed by atoms with Crippen molar-refractivity contribution in [1.29, 1.82) is 0 Å². The third-order valence-electron chi connectivity index (χ3n) is 4.10. The van der Waals surface area contributed by atoms with Crippen molar-refractivity contribution in [1.82, 2.24) is 10.6 Å². The molecule has 3 rings (SSSR count). The maximum atomic E-state index is 12.1. The van der Waals surface area contributed by atoms with Crippen LogP contribution in [0.25, 0.3) is 0 Å². The van der Waals surface area contributed by atoms with Gasteiger partial charge in [0.2, 0.25) is 0 Å². The number of carbonyl (C=O) groups excluding carboxylic acids is 1. The Morgan fingerprint density at radius 1 is 1.16 bits per heavy atom. The van der Waals surface area contributed by atoms with Crippen LogP contribution >= 0.6 is 0 Å². The number of nitrogens with one attached hydrogen (secondary N) is 2. The van der Waals surface area contributed by atoms with Gasteiger partial charge < -0.3 is 24.8 Å². The standard InChI is InChI=1S/C19H22N2O4/c1-23-16-5-3-4-13(8-16)11-20-19(22)21-15-9-14-10-17(24-2)6-7-18(14)25-12-15/h3-8,10,15H,9,11-12H2,1-2H3,(H2,20,21,22)/t15-/m1/s1. The fourth-order valence-electron chi connectivity index (χ4n) is 2.79. The molecule has 0 fully saturated rings. The first kappa shape index (κ1) is 17.0. The molecule has 2 aromatic rings. The Labute approximate surface area is 147 Å². The Kier molecular flexibility index (Phi) is 5.28. The van der Waals surface area contributed by atoms with Gasteiger partial charge in [0.05, 0.1) is 20.3 Å². The summed E-state index contributed by atoms with van der Waals surface area (Å²) in [5.41, 5.74) is 2.01. The van der Waals surface area contributed by atoms with Gasteiger partial charge >= 0.3 is 6.03 Å². The highest BCUT2D eigenvalue weighted by molar-refractivity contribution is 5.74. The van der Waals surface area contributed by atoms with Crippen LogP contribution in [-0.4, -0.2) is 32.9 Å². The van der Waals surface area contributed by atoms with Gasteiger partial charge in [0.1, 0.15) is 23.9 Å². The Balaban J connectivity index is 1.53. The highest BCUT2D eigenvalue weighted by atomic mass is 16.5. The van der Waals surface area contributed by atoms with Crippen LogP contribution in [0.5, 0.6) is 17.2 Å². The van der Waals surface area contributed by atoms with Gasteiger partial charge in [-0.15, -0.1) is 0 Å². The summed E-state index contributed by atoms with van der Waals surface area (Å²) in [6.45, 7) is 0.882. The monoisotopic (exact) mass is 342 g/mol. The van der Waals surface area contributed by atoms with Crippen molar-refractivity contribution in [3.05, 3.63) is 53.6 Å². The van der Waals surface area contributed by atoms with E-state index in [2.05, 4.69) is 10.6 Å². The molecule has 0 aliphatic carbocycles. The van der Waals surface area contributed by atoms with E-state index in [1.165, 1.54) is 0 Å². The Morgan fingerprint density at radius 3 is 2.76 bits per heavy atom. The number of fused-ring (bicyclic) bond motifs is 1. The molecule has 2 aromatic carbocycles. The zero-order valence-corrected chi connectivity index (χ0v) is 14.4. The van der Waals surface area contributed by atoms with Gasteiger partial charge in [-0.05, 0) is 47.9 Å². The maximum absolute atomic E-state index is 12.1. The fourth-order valence-corrected chi connectivity index (χ4v) is 2.79. The zero-order chi connectivity index (χ0) is 17.6. The van der Waals surface area contributed by atoms with Crippen molar-refractivity contribution in [3.8, 4) is 17.2 Å². The van der Waals surface area contributed by atoms with E-state index >= 15 is 0 Å². The molecule has 132 valence electrons. The lowest BCUT2D eigenvalue weighted by Gasteiger charge is -2.26. The van der Waals surface area contributed by atoms with Crippen LogP contribution in [0.15, 0.2) is 42.5 Å². The second-order valence-electron chi connectivity index (χ2n) is 5.86. The van der Waals surface area contributed by atoms with Gasteiger partial charge in [0.15, 0.2) is 0 Å². The predicted molar refractivity (Wildman–Crippen MR) is 94.3 cm³/mol. The Morgan fingerprint density at radius 2 is 1.96 bits per heavy atom. The third-order valence-corrected chi connectivity index (χ3v) is 4.10. The first-order valence-electron chi connectivity index (χ1n) is 8.15. The number of hydrogen-bond acceptors (Lipinski definition) is 4. The highest BCUT2D eigenvalue weighted by Crippen LogP contribution is 2.28. The molecule has 0 radical (unpaired) electrons. The normalized spacial score (nSPS) is 15.5. The summed E-state index contributed by atoms with van der Waals surface area (Å²) in [6, 6.07) is 13.0. The minimum absolute atomic E-state index is 0.0788. The predicted octanol–water partition coefficient (Wildman–Crippen LogP) is 2.51. The first-order valence-corrected chi connectivity index (χ1v) is 8.15. The third kappa shape index (κ3) is 4.35. The summed E-state index contributed by atoms with van der Waals surface area (Å²) in [5.74, 6) is 2.40. The summed E-state index contributed by atoms with van der Waals surface area (Å²) in [4.78, 5) is 12.1. The number of rotatable bonds is 5. The van der Waals surface area contributed by atoms with E-state index in [4.69, 9.17) is 14.2 Å². The smallest absolute Gasteiger partial charge is 0.315 e. The van der Waals surface area contributed by atoms with Crippen LogP contribution in [0.4, 0.5) is 4.79 Å². The number of hydrogen-bond donors (Lipinski definition) is 2. The lowest BCUT2D eigenvalue weighted by Crippen LogP contribution is -2.47. The molecular formula is C19H22N2O4. The van der Waals surface area contributed by atoms with E-state index in [-0.39, 0.29) is 12.1 Å². The minimum atomic E-state index is -0.220. The van der Waals surface area contributed by atoms with Gasteiger partial charge in [0, 0.05) is 6.54 Å². The van der Waals surface area contributed by atoms with Crippen LogP contribution in [0.2, 0.25) is 0 Å². The topological polar surface area (TPSA) is 68.8 Å². The highest BCUT2D eigenvalue weighted by Gasteiger charge is 2.21. The van der Waals surface area contributed by atoms with Crippen LogP contribution < -0.4 is 24.8 Å². The molecule has 0 saturated heterocycles.